The van der Waals surface area contributed by atoms with E-state index in [1.165, 1.54) is 0 Å². The fourth-order valence-corrected chi connectivity index (χ4v) is 1.27. The van der Waals surface area contributed by atoms with E-state index in [9.17, 15) is 4.79 Å². The van der Waals surface area contributed by atoms with Crippen molar-refractivity contribution in [3.8, 4) is 0 Å². The van der Waals surface area contributed by atoms with Crippen LogP contribution >= 0.6 is 0 Å². The molecule has 0 heterocycles. The lowest BCUT2D eigenvalue weighted by Crippen LogP contribution is -2.42. The Morgan fingerprint density at radius 3 is 2.67 bits per heavy atom. The summed E-state index contributed by atoms with van der Waals surface area (Å²) in [5, 5.41) is 11.1. The van der Waals surface area contributed by atoms with Gasteiger partial charge in [0, 0.05) is 6.54 Å². The van der Waals surface area contributed by atoms with Crippen LogP contribution < -0.4 is 11.1 Å². The van der Waals surface area contributed by atoms with Gasteiger partial charge in [-0.3, -0.25) is 4.79 Å². The quantitative estimate of drug-likeness (QED) is 0.620. The Morgan fingerprint density at radius 2 is 2.07 bits per heavy atom. The standard InChI is InChI=1S/C11H16N2O2/c12-10(11(15)13-6-7-14)8-9-4-2-1-3-5-9/h1-5,10,14H,6-8,12H2,(H,13,15)/t10-/m0/s1. The van der Waals surface area contributed by atoms with Crippen LogP contribution in [0.4, 0.5) is 0 Å². The van der Waals surface area contributed by atoms with Crippen LogP contribution in [0.1, 0.15) is 5.56 Å². The number of carbonyl (C=O) groups is 1. The molecule has 0 aromatic heterocycles. The first-order chi connectivity index (χ1) is 7.24. The normalized spacial score (nSPS) is 12.1. The Morgan fingerprint density at radius 1 is 1.40 bits per heavy atom. The van der Waals surface area contributed by atoms with Gasteiger partial charge in [-0.15, -0.1) is 0 Å². The van der Waals surface area contributed by atoms with Gasteiger partial charge in [0.15, 0.2) is 0 Å². The van der Waals surface area contributed by atoms with Crippen LogP contribution in [0.3, 0.4) is 0 Å². The lowest BCUT2D eigenvalue weighted by Gasteiger charge is -2.11. The summed E-state index contributed by atoms with van der Waals surface area (Å²) in [6.45, 7) is 0.186. The first kappa shape index (κ1) is 11.7. The van der Waals surface area contributed by atoms with E-state index in [1.807, 2.05) is 30.3 Å². The van der Waals surface area contributed by atoms with Gasteiger partial charge in [-0.25, -0.2) is 0 Å². The SMILES string of the molecule is N[C@@H](Cc1ccccc1)C(=O)NCCO. The van der Waals surface area contributed by atoms with E-state index in [0.29, 0.717) is 6.42 Å². The number of hydrogen-bond acceptors (Lipinski definition) is 3. The molecule has 0 spiro atoms. The molecule has 1 aromatic rings. The van der Waals surface area contributed by atoms with Gasteiger partial charge in [-0.1, -0.05) is 30.3 Å². The van der Waals surface area contributed by atoms with Gasteiger partial charge in [0.25, 0.3) is 0 Å². The van der Waals surface area contributed by atoms with Crippen LogP contribution in [0.25, 0.3) is 0 Å². The van der Waals surface area contributed by atoms with E-state index in [2.05, 4.69) is 5.32 Å². The lowest BCUT2D eigenvalue weighted by molar-refractivity contribution is -0.122. The summed E-state index contributed by atoms with van der Waals surface area (Å²) >= 11 is 0. The minimum absolute atomic E-state index is 0.0657. The van der Waals surface area contributed by atoms with Crippen LogP contribution in [0.15, 0.2) is 30.3 Å². The van der Waals surface area contributed by atoms with E-state index in [-0.39, 0.29) is 19.1 Å². The number of aliphatic hydroxyl groups excluding tert-OH is 1. The van der Waals surface area contributed by atoms with Crippen LogP contribution in [0.5, 0.6) is 0 Å². The Kier molecular flexibility index (Phi) is 4.80. The van der Waals surface area contributed by atoms with Crippen molar-refractivity contribution in [1.82, 2.24) is 5.32 Å². The summed E-state index contributed by atoms with van der Waals surface area (Å²) in [7, 11) is 0. The average molecular weight is 208 g/mol. The summed E-state index contributed by atoms with van der Waals surface area (Å²) < 4.78 is 0. The number of aliphatic hydroxyl groups is 1. The number of amides is 1. The highest BCUT2D eigenvalue weighted by atomic mass is 16.3. The van der Waals surface area contributed by atoms with Gasteiger partial charge in [0.05, 0.1) is 12.6 Å². The van der Waals surface area contributed by atoms with Gasteiger partial charge in [0.1, 0.15) is 0 Å². The van der Waals surface area contributed by atoms with Gasteiger partial charge in [-0.05, 0) is 12.0 Å². The molecule has 1 amide bonds. The molecule has 15 heavy (non-hydrogen) atoms. The Hall–Kier alpha value is -1.39. The third-order valence-corrected chi connectivity index (χ3v) is 2.05. The van der Waals surface area contributed by atoms with Crippen LogP contribution in [0, 0.1) is 0 Å². The molecule has 0 bridgehead atoms. The van der Waals surface area contributed by atoms with Crippen molar-refractivity contribution >= 4 is 5.91 Å². The van der Waals surface area contributed by atoms with Crippen molar-refractivity contribution < 1.29 is 9.90 Å². The molecule has 4 N–H and O–H groups in total. The number of hydrogen-bond donors (Lipinski definition) is 3. The second kappa shape index (κ2) is 6.16. The molecule has 0 aliphatic rings. The summed E-state index contributed by atoms with van der Waals surface area (Å²) in [4.78, 5) is 11.4. The fourth-order valence-electron chi connectivity index (χ4n) is 1.27. The van der Waals surface area contributed by atoms with Gasteiger partial charge >= 0.3 is 0 Å². The minimum Gasteiger partial charge on any atom is -0.395 e. The Balaban J connectivity index is 2.41. The van der Waals surface area contributed by atoms with E-state index in [4.69, 9.17) is 10.8 Å². The number of benzene rings is 1. The maximum Gasteiger partial charge on any atom is 0.237 e. The van der Waals surface area contributed by atoms with Crippen molar-refractivity contribution in [3.05, 3.63) is 35.9 Å². The summed E-state index contributed by atoms with van der Waals surface area (Å²) in [5.41, 5.74) is 6.73. The fraction of sp³-hybridized carbons (Fsp3) is 0.364. The van der Waals surface area contributed by atoms with E-state index < -0.39 is 6.04 Å². The third kappa shape index (κ3) is 4.10. The van der Waals surface area contributed by atoms with Crippen molar-refractivity contribution in [2.24, 2.45) is 5.73 Å². The van der Waals surface area contributed by atoms with E-state index in [0.717, 1.165) is 5.56 Å². The maximum absolute atomic E-state index is 11.4. The largest absolute Gasteiger partial charge is 0.395 e. The number of nitrogens with two attached hydrogens (primary N) is 1. The molecule has 0 aliphatic heterocycles. The average Bonchev–Trinajstić information content (AvgIpc) is 2.27. The maximum atomic E-state index is 11.4. The number of carbonyl (C=O) groups excluding carboxylic acids is 1. The molecule has 4 heteroatoms. The Bertz CT molecular complexity index is 301. The highest BCUT2D eigenvalue weighted by molar-refractivity contribution is 5.81. The highest BCUT2D eigenvalue weighted by Gasteiger charge is 2.12. The van der Waals surface area contributed by atoms with Crippen LogP contribution in [-0.2, 0) is 11.2 Å². The molecular formula is C11H16N2O2. The van der Waals surface area contributed by atoms with Crippen LogP contribution in [0.2, 0.25) is 0 Å². The number of nitrogens with one attached hydrogen (secondary N) is 1. The molecule has 1 aromatic carbocycles. The first-order valence-electron chi connectivity index (χ1n) is 4.92. The molecule has 4 nitrogen and oxygen atoms in total. The molecule has 0 saturated carbocycles. The summed E-state index contributed by atoms with van der Waals surface area (Å²) in [6, 6.07) is 9.04. The van der Waals surface area contributed by atoms with E-state index >= 15 is 0 Å². The minimum atomic E-state index is -0.557. The van der Waals surface area contributed by atoms with Gasteiger partial charge in [0.2, 0.25) is 5.91 Å². The van der Waals surface area contributed by atoms with Gasteiger partial charge < -0.3 is 16.2 Å². The van der Waals surface area contributed by atoms with Crippen molar-refractivity contribution in [3.63, 3.8) is 0 Å². The molecule has 1 rings (SSSR count). The predicted molar refractivity (Wildman–Crippen MR) is 58.2 cm³/mol. The lowest BCUT2D eigenvalue weighted by atomic mass is 10.1. The molecule has 1 atom stereocenters. The topological polar surface area (TPSA) is 75.4 Å². The zero-order valence-electron chi connectivity index (χ0n) is 8.52. The summed E-state index contributed by atoms with van der Waals surface area (Å²) in [6.07, 6.45) is 0.512. The molecule has 0 saturated heterocycles. The zero-order valence-corrected chi connectivity index (χ0v) is 8.52. The molecule has 0 aliphatic carbocycles. The third-order valence-electron chi connectivity index (χ3n) is 2.05. The second-order valence-electron chi connectivity index (χ2n) is 3.31. The van der Waals surface area contributed by atoms with Gasteiger partial charge in [-0.2, -0.15) is 0 Å². The molecular weight excluding hydrogens is 192 g/mol. The molecule has 82 valence electrons. The van der Waals surface area contributed by atoms with E-state index in [1.54, 1.807) is 0 Å². The van der Waals surface area contributed by atoms with Crippen LogP contribution in [-0.4, -0.2) is 30.2 Å². The molecule has 0 radical (unpaired) electrons. The molecule has 0 fully saturated rings. The predicted octanol–water partition coefficient (Wildman–Crippen LogP) is -0.335. The second-order valence-corrected chi connectivity index (χ2v) is 3.31. The first-order valence-corrected chi connectivity index (χ1v) is 4.92. The van der Waals surface area contributed by atoms with Crippen molar-refractivity contribution in [2.75, 3.05) is 13.2 Å². The zero-order chi connectivity index (χ0) is 11.1. The number of rotatable bonds is 5. The Labute approximate surface area is 89.1 Å². The molecule has 0 unspecified atom stereocenters. The highest BCUT2D eigenvalue weighted by Crippen LogP contribution is 2.01. The van der Waals surface area contributed by atoms with Crippen molar-refractivity contribution in [2.45, 2.75) is 12.5 Å². The smallest absolute Gasteiger partial charge is 0.237 e. The van der Waals surface area contributed by atoms with Crippen molar-refractivity contribution in [1.29, 1.82) is 0 Å². The summed E-state index contributed by atoms with van der Waals surface area (Å²) in [5.74, 6) is -0.229. The monoisotopic (exact) mass is 208 g/mol.